The minimum Gasteiger partial charge on any atom is -0.497 e. The zero-order valence-corrected chi connectivity index (χ0v) is 17.8. The lowest BCUT2D eigenvalue weighted by Gasteiger charge is -2.13. The van der Waals surface area contributed by atoms with Crippen molar-refractivity contribution in [2.45, 2.75) is 6.61 Å². The Labute approximate surface area is 177 Å². The fourth-order valence-corrected chi connectivity index (χ4v) is 3.21. The number of rotatable bonds is 7. The highest BCUT2D eigenvalue weighted by Gasteiger charge is 2.11. The first-order chi connectivity index (χ1) is 13.6. The van der Waals surface area contributed by atoms with Gasteiger partial charge in [0.25, 0.3) is 0 Å². The molecular formula is C22H19BrClNO3. The van der Waals surface area contributed by atoms with Crippen LogP contribution in [0.3, 0.4) is 0 Å². The van der Waals surface area contributed by atoms with E-state index < -0.39 is 0 Å². The molecule has 0 spiro atoms. The van der Waals surface area contributed by atoms with Gasteiger partial charge < -0.3 is 14.2 Å². The molecular weight excluding hydrogens is 442 g/mol. The molecule has 3 aromatic rings. The van der Waals surface area contributed by atoms with E-state index in [1.165, 1.54) is 0 Å². The van der Waals surface area contributed by atoms with Crippen molar-refractivity contribution < 1.29 is 14.2 Å². The smallest absolute Gasteiger partial charge is 0.175 e. The number of ether oxygens (including phenoxy) is 3. The highest BCUT2D eigenvalue weighted by Crippen LogP contribution is 2.37. The van der Waals surface area contributed by atoms with Crippen LogP contribution in [-0.4, -0.2) is 20.4 Å². The number of nitrogens with zero attached hydrogens (tertiary/aromatic N) is 1. The molecule has 0 N–H and O–H groups in total. The van der Waals surface area contributed by atoms with Gasteiger partial charge in [0.1, 0.15) is 12.4 Å². The van der Waals surface area contributed by atoms with Crippen LogP contribution in [0, 0.1) is 0 Å². The summed E-state index contributed by atoms with van der Waals surface area (Å²) in [7, 11) is 3.25. The topological polar surface area (TPSA) is 40.0 Å². The summed E-state index contributed by atoms with van der Waals surface area (Å²) in [5, 5.41) is 0.697. The summed E-state index contributed by atoms with van der Waals surface area (Å²) < 4.78 is 17.4. The first-order valence-electron chi connectivity index (χ1n) is 8.52. The van der Waals surface area contributed by atoms with Crippen LogP contribution in [-0.2, 0) is 6.61 Å². The van der Waals surface area contributed by atoms with Gasteiger partial charge in [-0.15, -0.1) is 0 Å². The summed E-state index contributed by atoms with van der Waals surface area (Å²) >= 11 is 9.49. The minimum atomic E-state index is 0.408. The van der Waals surface area contributed by atoms with Gasteiger partial charge >= 0.3 is 0 Å². The Morgan fingerprint density at radius 2 is 1.68 bits per heavy atom. The third kappa shape index (κ3) is 5.27. The van der Waals surface area contributed by atoms with Crippen molar-refractivity contribution in [3.8, 4) is 17.2 Å². The number of hydrogen-bond acceptors (Lipinski definition) is 4. The molecule has 3 aromatic carbocycles. The molecule has 144 valence electrons. The standard InChI is InChI=1S/C22H19BrClNO3/c1-26-19-9-7-18(8-10-19)25-13-16-11-20(23)22(21(12-16)27-2)28-14-15-3-5-17(24)6-4-15/h3-13H,14H2,1-2H3. The van der Waals surface area contributed by atoms with Gasteiger partial charge in [-0.3, -0.25) is 4.99 Å². The Bertz CT molecular complexity index is 957. The Hall–Kier alpha value is -2.50. The van der Waals surface area contributed by atoms with E-state index in [0.717, 1.165) is 27.0 Å². The second kappa shape index (κ2) is 9.62. The summed E-state index contributed by atoms with van der Waals surface area (Å²) in [5.74, 6) is 2.06. The van der Waals surface area contributed by atoms with Gasteiger partial charge in [-0.25, -0.2) is 0 Å². The van der Waals surface area contributed by atoms with Crippen molar-refractivity contribution in [3.05, 3.63) is 81.3 Å². The zero-order chi connectivity index (χ0) is 19.9. The first kappa shape index (κ1) is 20.2. The Kier molecular flexibility index (Phi) is 6.95. The number of hydrogen-bond donors (Lipinski definition) is 0. The van der Waals surface area contributed by atoms with Crippen LogP contribution in [0.4, 0.5) is 5.69 Å². The molecule has 0 aliphatic heterocycles. The summed E-state index contributed by atoms with van der Waals surface area (Å²) in [6, 6.07) is 18.9. The molecule has 0 aliphatic rings. The fraction of sp³-hybridized carbons (Fsp3) is 0.136. The van der Waals surface area contributed by atoms with Crippen LogP contribution in [0.5, 0.6) is 17.2 Å². The molecule has 28 heavy (non-hydrogen) atoms. The first-order valence-corrected chi connectivity index (χ1v) is 9.69. The summed E-state index contributed by atoms with van der Waals surface area (Å²) in [6.45, 7) is 0.408. The van der Waals surface area contributed by atoms with E-state index in [1.54, 1.807) is 20.4 Å². The van der Waals surface area contributed by atoms with Gasteiger partial charge in [-0.05, 0) is 75.6 Å². The SMILES string of the molecule is COc1ccc(N=Cc2cc(Br)c(OCc3ccc(Cl)cc3)c(OC)c2)cc1. The van der Waals surface area contributed by atoms with Crippen molar-refractivity contribution in [3.63, 3.8) is 0 Å². The maximum absolute atomic E-state index is 5.95. The van der Waals surface area contributed by atoms with Crippen LogP contribution in [0.15, 0.2) is 70.1 Å². The van der Waals surface area contributed by atoms with Crippen LogP contribution in [0.1, 0.15) is 11.1 Å². The van der Waals surface area contributed by atoms with E-state index in [1.807, 2.05) is 60.7 Å². The molecule has 6 heteroatoms. The van der Waals surface area contributed by atoms with Gasteiger partial charge in [-0.2, -0.15) is 0 Å². The van der Waals surface area contributed by atoms with E-state index in [4.69, 9.17) is 25.8 Å². The normalized spacial score (nSPS) is 10.9. The van der Waals surface area contributed by atoms with Crippen LogP contribution in [0.25, 0.3) is 0 Å². The monoisotopic (exact) mass is 459 g/mol. The third-order valence-corrected chi connectivity index (χ3v) is 4.82. The van der Waals surface area contributed by atoms with Crippen molar-refractivity contribution in [1.29, 1.82) is 0 Å². The molecule has 0 fully saturated rings. The highest BCUT2D eigenvalue weighted by atomic mass is 79.9. The summed E-state index contributed by atoms with van der Waals surface area (Å²) in [6.07, 6.45) is 1.78. The average molecular weight is 461 g/mol. The predicted molar refractivity (Wildman–Crippen MR) is 117 cm³/mol. The summed E-state index contributed by atoms with van der Waals surface area (Å²) in [5.41, 5.74) is 2.74. The van der Waals surface area contributed by atoms with Crippen molar-refractivity contribution in [2.24, 2.45) is 4.99 Å². The maximum atomic E-state index is 5.95. The van der Waals surface area contributed by atoms with Crippen LogP contribution in [0.2, 0.25) is 5.02 Å². The van der Waals surface area contributed by atoms with Gasteiger partial charge in [0.15, 0.2) is 11.5 Å². The largest absolute Gasteiger partial charge is 0.497 e. The van der Waals surface area contributed by atoms with Gasteiger partial charge in [-0.1, -0.05) is 23.7 Å². The molecule has 0 amide bonds. The lowest BCUT2D eigenvalue weighted by molar-refractivity contribution is 0.282. The molecule has 4 nitrogen and oxygen atoms in total. The van der Waals surface area contributed by atoms with E-state index >= 15 is 0 Å². The lowest BCUT2D eigenvalue weighted by atomic mass is 10.2. The molecule has 0 atom stereocenters. The molecule has 0 bridgehead atoms. The van der Waals surface area contributed by atoms with E-state index in [2.05, 4.69) is 20.9 Å². The highest BCUT2D eigenvalue weighted by molar-refractivity contribution is 9.10. The average Bonchev–Trinajstić information content (AvgIpc) is 2.72. The zero-order valence-electron chi connectivity index (χ0n) is 15.5. The van der Waals surface area contributed by atoms with Crippen molar-refractivity contribution >= 4 is 39.4 Å². The van der Waals surface area contributed by atoms with Gasteiger partial charge in [0.05, 0.1) is 24.4 Å². The van der Waals surface area contributed by atoms with Gasteiger partial charge in [0, 0.05) is 11.2 Å². The van der Waals surface area contributed by atoms with Crippen LogP contribution >= 0.6 is 27.5 Å². The quantitative estimate of drug-likeness (QED) is 0.380. The third-order valence-electron chi connectivity index (χ3n) is 3.98. The molecule has 3 rings (SSSR count). The van der Waals surface area contributed by atoms with E-state index in [9.17, 15) is 0 Å². The Morgan fingerprint density at radius 1 is 0.964 bits per heavy atom. The molecule has 0 unspecified atom stereocenters. The molecule has 0 radical (unpaired) electrons. The Morgan fingerprint density at radius 3 is 2.32 bits per heavy atom. The lowest BCUT2D eigenvalue weighted by Crippen LogP contribution is -1.99. The molecule has 0 saturated carbocycles. The molecule has 0 saturated heterocycles. The summed E-state index contributed by atoms with van der Waals surface area (Å²) in [4.78, 5) is 4.49. The molecule has 0 aliphatic carbocycles. The predicted octanol–water partition coefficient (Wildman–Crippen LogP) is 6.45. The minimum absolute atomic E-state index is 0.408. The second-order valence-electron chi connectivity index (χ2n) is 5.91. The number of halogens is 2. The number of benzene rings is 3. The van der Waals surface area contributed by atoms with Crippen molar-refractivity contribution in [2.75, 3.05) is 14.2 Å². The molecule has 0 aromatic heterocycles. The number of aliphatic imine (C=N–C) groups is 1. The van der Waals surface area contributed by atoms with Crippen molar-refractivity contribution in [1.82, 2.24) is 0 Å². The number of methoxy groups -OCH3 is 2. The van der Waals surface area contributed by atoms with E-state index in [-0.39, 0.29) is 0 Å². The van der Waals surface area contributed by atoms with Gasteiger partial charge in [0.2, 0.25) is 0 Å². The maximum Gasteiger partial charge on any atom is 0.175 e. The Balaban J connectivity index is 1.76. The second-order valence-corrected chi connectivity index (χ2v) is 7.20. The fourth-order valence-electron chi connectivity index (χ4n) is 2.51. The van der Waals surface area contributed by atoms with E-state index in [0.29, 0.717) is 23.1 Å². The van der Waals surface area contributed by atoms with Crippen LogP contribution < -0.4 is 14.2 Å². The molecule has 0 heterocycles.